The van der Waals surface area contributed by atoms with Crippen LogP contribution in [0.5, 0.6) is 0 Å². The first kappa shape index (κ1) is 8.82. The normalized spacial score (nSPS) is 11.3. The van der Waals surface area contributed by atoms with Crippen molar-refractivity contribution in [2.75, 3.05) is 6.61 Å². The second-order valence-corrected chi connectivity index (χ2v) is 2.09. The molecule has 0 saturated heterocycles. The molecule has 0 aromatic heterocycles. The minimum atomic E-state index is -2.62. The van der Waals surface area contributed by atoms with Gasteiger partial charge in [0.15, 0.2) is 0 Å². The molecule has 0 aromatic rings. The predicted octanol–water partition coefficient (Wildman–Crippen LogP) is 2.23. The number of hydrogen-bond donors (Lipinski definition) is 0. The van der Waals surface area contributed by atoms with Crippen molar-refractivity contribution in [1.82, 2.24) is 0 Å². The maximum absolute atomic E-state index is 11.3. The first-order valence-corrected chi connectivity index (χ1v) is 2.81. The van der Waals surface area contributed by atoms with Gasteiger partial charge in [0.2, 0.25) is 0 Å². The highest BCUT2D eigenvalue weighted by atomic mass is 19.3. The van der Waals surface area contributed by atoms with Crippen molar-refractivity contribution in [2.45, 2.75) is 26.9 Å². The molecule has 0 amide bonds. The van der Waals surface area contributed by atoms with Gasteiger partial charge in [0.25, 0.3) is 0 Å². The lowest BCUT2D eigenvalue weighted by Crippen LogP contribution is -2.02. The largest absolute Gasteiger partial charge is 0.345 e. The van der Waals surface area contributed by atoms with E-state index >= 15 is 0 Å². The molecule has 9 heavy (non-hydrogen) atoms. The van der Waals surface area contributed by atoms with E-state index in [0.717, 1.165) is 5.92 Å². The van der Waals surface area contributed by atoms with Crippen molar-refractivity contribution in [3.63, 3.8) is 0 Å². The van der Waals surface area contributed by atoms with E-state index < -0.39 is 6.61 Å². The van der Waals surface area contributed by atoms with Crippen LogP contribution < -0.4 is 0 Å². The van der Waals surface area contributed by atoms with Gasteiger partial charge < -0.3 is 4.74 Å². The van der Waals surface area contributed by atoms with Crippen LogP contribution in [0.4, 0.5) is 8.78 Å². The number of rotatable bonds is 4. The van der Waals surface area contributed by atoms with Crippen LogP contribution in [0, 0.1) is 5.92 Å². The lowest BCUT2D eigenvalue weighted by molar-refractivity contribution is -0.128. The van der Waals surface area contributed by atoms with Crippen LogP contribution in [-0.4, -0.2) is 13.2 Å². The van der Waals surface area contributed by atoms with E-state index in [2.05, 4.69) is 4.74 Å². The molecule has 0 aliphatic rings. The Morgan fingerprint density at radius 3 is 2.33 bits per heavy atom. The summed E-state index contributed by atoms with van der Waals surface area (Å²) in [6.07, 6.45) is 0.615. The first-order chi connectivity index (χ1) is 4.13. The summed E-state index contributed by atoms with van der Waals surface area (Å²) in [6.45, 7) is 1.27. The van der Waals surface area contributed by atoms with Crippen molar-refractivity contribution < 1.29 is 13.5 Å². The molecule has 0 unspecified atom stereocenters. The average molecular weight is 137 g/mol. The summed E-state index contributed by atoms with van der Waals surface area (Å²) >= 11 is 0. The Labute approximate surface area is 54.0 Å². The van der Waals surface area contributed by atoms with Crippen LogP contribution >= 0.6 is 0 Å². The Balaban J connectivity index is 2.91. The van der Waals surface area contributed by atoms with E-state index in [1.54, 1.807) is 0 Å². The fraction of sp³-hybridized carbons (Fsp3) is 0.833. The number of alkyl halides is 2. The van der Waals surface area contributed by atoms with Gasteiger partial charge in [0.1, 0.15) is 0 Å². The number of ether oxygens (including phenoxy) is 1. The van der Waals surface area contributed by atoms with Crippen molar-refractivity contribution >= 4 is 0 Å². The van der Waals surface area contributed by atoms with E-state index in [4.69, 9.17) is 0 Å². The lowest BCUT2D eigenvalue weighted by Gasteiger charge is -2.03. The van der Waals surface area contributed by atoms with Gasteiger partial charge in [0, 0.05) is 0 Å². The summed E-state index contributed by atoms with van der Waals surface area (Å²) < 4.78 is 26.5. The smallest absolute Gasteiger partial charge is 0.323 e. The molecular weight excluding hydrogens is 126 g/mol. The molecule has 0 spiro atoms. The fourth-order valence-electron chi connectivity index (χ4n) is 0.352. The molecule has 0 aromatic carbocycles. The summed E-state index contributed by atoms with van der Waals surface area (Å²) in [7, 11) is 0. The second-order valence-electron chi connectivity index (χ2n) is 2.09. The van der Waals surface area contributed by atoms with E-state index in [1.807, 2.05) is 13.8 Å². The van der Waals surface area contributed by atoms with E-state index in [1.165, 1.54) is 0 Å². The molecule has 3 heteroatoms. The summed E-state index contributed by atoms with van der Waals surface area (Å²) in [4.78, 5) is 0. The summed E-state index contributed by atoms with van der Waals surface area (Å²) in [6, 6.07) is 0. The second kappa shape index (κ2) is 4.68. The Morgan fingerprint density at radius 1 is 1.44 bits per heavy atom. The molecule has 0 aliphatic carbocycles. The zero-order chi connectivity index (χ0) is 7.28. The molecule has 0 saturated carbocycles. The fourth-order valence-corrected chi connectivity index (χ4v) is 0.352. The predicted molar refractivity (Wildman–Crippen MR) is 31.2 cm³/mol. The third-order valence-corrected chi connectivity index (χ3v) is 0.846. The third-order valence-electron chi connectivity index (χ3n) is 0.846. The Kier molecular flexibility index (Phi) is 4.58. The SMILES string of the molecule is C[C](C)CCOC(F)F. The molecule has 1 radical (unpaired) electrons. The highest BCUT2D eigenvalue weighted by Crippen LogP contribution is 2.04. The molecule has 0 atom stereocenters. The van der Waals surface area contributed by atoms with Gasteiger partial charge in [-0.15, -0.1) is 0 Å². The van der Waals surface area contributed by atoms with Gasteiger partial charge in [0.05, 0.1) is 6.61 Å². The van der Waals surface area contributed by atoms with E-state index in [-0.39, 0.29) is 6.61 Å². The van der Waals surface area contributed by atoms with Crippen LogP contribution in [-0.2, 0) is 4.74 Å². The average Bonchev–Trinajstić information content (AvgIpc) is 1.63. The molecule has 1 nitrogen and oxygen atoms in total. The highest BCUT2D eigenvalue weighted by Gasteiger charge is 2.01. The third kappa shape index (κ3) is 7.82. The molecule has 0 heterocycles. The monoisotopic (exact) mass is 137 g/mol. The molecule has 0 rings (SSSR count). The minimum Gasteiger partial charge on any atom is -0.323 e. The van der Waals surface area contributed by atoms with Crippen LogP contribution in [0.25, 0.3) is 0 Å². The van der Waals surface area contributed by atoms with Crippen molar-refractivity contribution in [1.29, 1.82) is 0 Å². The maximum atomic E-state index is 11.3. The Hall–Kier alpha value is -0.180. The van der Waals surface area contributed by atoms with Gasteiger partial charge in [-0.1, -0.05) is 13.8 Å². The van der Waals surface area contributed by atoms with Crippen LogP contribution in [0.15, 0.2) is 0 Å². The number of hydrogen-bond acceptors (Lipinski definition) is 1. The van der Waals surface area contributed by atoms with Crippen LogP contribution in [0.3, 0.4) is 0 Å². The summed E-state index contributed by atoms with van der Waals surface area (Å²) in [5.74, 6) is 1.11. The van der Waals surface area contributed by atoms with E-state index in [0.29, 0.717) is 6.42 Å². The zero-order valence-electron chi connectivity index (χ0n) is 5.66. The lowest BCUT2D eigenvalue weighted by atomic mass is 10.1. The standard InChI is InChI=1S/C6H11F2O/c1-5(2)3-4-9-6(7)8/h6H,3-4H2,1-2H3. The number of halogens is 2. The zero-order valence-corrected chi connectivity index (χ0v) is 5.66. The molecule has 0 N–H and O–H groups in total. The Bertz CT molecular complexity index is 56.1. The maximum Gasteiger partial charge on any atom is 0.345 e. The molecule has 55 valence electrons. The van der Waals surface area contributed by atoms with Crippen molar-refractivity contribution in [3.05, 3.63) is 5.92 Å². The van der Waals surface area contributed by atoms with Crippen molar-refractivity contribution in [2.24, 2.45) is 0 Å². The molecule has 0 fully saturated rings. The molecule has 0 aliphatic heterocycles. The van der Waals surface area contributed by atoms with Gasteiger partial charge in [-0.3, -0.25) is 0 Å². The van der Waals surface area contributed by atoms with Crippen molar-refractivity contribution in [3.8, 4) is 0 Å². The molecular formula is C6H11F2O. The van der Waals surface area contributed by atoms with Gasteiger partial charge in [-0.2, -0.15) is 8.78 Å². The van der Waals surface area contributed by atoms with Crippen LogP contribution in [0.1, 0.15) is 20.3 Å². The topological polar surface area (TPSA) is 9.23 Å². The minimum absolute atomic E-state index is 0.125. The summed E-state index contributed by atoms with van der Waals surface area (Å²) in [5, 5.41) is 0. The summed E-state index contributed by atoms with van der Waals surface area (Å²) in [5.41, 5.74) is 0. The quantitative estimate of drug-likeness (QED) is 0.577. The first-order valence-electron chi connectivity index (χ1n) is 2.81. The molecule has 0 bridgehead atoms. The van der Waals surface area contributed by atoms with Crippen LogP contribution in [0.2, 0.25) is 0 Å². The highest BCUT2D eigenvalue weighted by molar-refractivity contribution is 4.75. The van der Waals surface area contributed by atoms with E-state index in [9.17, 15) is 8.78 Å². The van der Waals surface area contributed by atoms with Gasteiger partial charge >= 0.3 is 6.61 Å². The van der Waals surface area contributed by atoms with Gasteiger partial charge in [-0.05, 0) is 12.3 Å². The Morgan fingerprint density at radius 2 is 2.00 bits per heavy atom. The van der Waals surface area contributed by atoms with Gasteiger partial charge in [-0.25, -0.2) is 0 Å².